The van der Waals surface area contributed by atoms with Crippen LogP contribution in [0.5, 0.6) is 0 Å². The molecule has 1 aliphatic rings. The summed E-state index contributed by atoms with van der Waals surface area (Å²) in [4.78, 5) is 0. The maximum absolute atomic E-state index is 2.46. The number of hydrogen-bond acceptors (Lipinski definition) is 0. The Hall–Kier alpha value is 0. The van der Waals surface area contributed by atoms with Crippen molar-refractivity contribution in [3.8, 4) is 0 Å². The van der Waals surface area contributed by atoms with E-state index in [0.29, 0.717) is 10.8 Å². The van der Waals surface area contributed by atoms with Crippen LogP contribution < -0.4 is 0 Å². The third-order valence-electron chi connectivity index (χ3n) is 4.52. The Labute approximate surface area is 85.1 Å². The Morgan fingerprint density at radius 2 is 1.54 bits per heavy atom. The highest BCUT2D eigenvalue weighted by molar-refractivity contribution is 5.01. The zero-order valence-corrected chi connectivity index (χ0v) is 10.7. The third-order valence-corrected chi connectivity index (χ3v) is 4.52. The molecule has 0 nitrogen and oxygen atoms in total. The second-order valence-corrected chi connectivity index (χ2v) is 5.11. The van der Waals surface area contributed by atoms with Crippen molar-refractivity contribution >= 4 is 0 Å². The average Bonchev–Trinajstić information content (AvgIpc) is 2.16. The molecule has 0 spiro atoms. The fraction of sp³-hybridized carbons (Fsp3) is 1.00. The van der Waals surface area contributed by atoms with Gasteiger partial charge in [0.05, 0.1) is 0 Å². The predicted molar refractivity (Wildman–Crippen MR) is 61.9 cm³/mol. The van der Waals surface area contributed by atoms with Crippen LogP contribution in [-0.4, -0.2) is 0 Å². The second-order valence-electron chi connectivity index (χ2n) is 5.11. The van der Waals surface area contributed by atoms with Crippen LogP contribution >= 0.6 is 0 Å². The monoisotopic (exact) mass is 184 g/mol. The van der Waals surface area contributed by atoms with Crippen LogP contribution in [0.25, 0.3) is 0 Å². The van der Waals surface area contributed by atoms with E-state index in [2.05, 4.69) is 34.6 Å². The van der Waals surface area contributed by atoms with Gasteiger partial charge in [0.2, 0.25) is 0 Å². The average molecular weight is 184 g/mol. The molecule has 0 saturated heterocycles. The van der Waals surface area contributed by atoms with E-state index in [1.807, 2.05) is 13.8 Å². The minimum absolute atomic E-state index is 0.600. The van der Waals surface area contributed by atoms with Crippen molar-refractivity contribution in [2.24, 2.45) is 16.7 Å². The van der Waals surface area contributed by atoms with Gasteiger partial charge in [-0.05, 0) is 29.6 Å². The van der Waals surface area contributed by atoms with Gasteiger partial charge in [-0.3, -0.25) is 0 Å². The summed E-state index contributed by atoms with van der Waals surface area (Å²) in [5.41, 5.74) is 1.23. The van der Waals surface area contributed by atoms with Crippen LogP contribution in [0.15, 0.2) is 0 Å². The molecule has 0 radical (unpaired) electrons. The molecule has 0 aromatic carbocycles. The van der Waals surface area contributed by atoms with E-state index in [1.54, 1.807) is 0 Å². The highest BCUT2D eigenvalue weighted by Crippen LogP contribution is 2.60. The molecule has 1 aliphatic carbocycles. The zero-order valence-electron chi connectivity index (χ0n) is 10.7. The van der Waals surface area contributed by atoms with Crippen molar-refractivity contribution in [1.82, 2.24) is 0 Å². The zero-order chi connectivity index (χ0) is 10.7. The Balaban J connectivity index is 0.000000671. The van der Waals surface area contributed by atoms with Crippen LogP contribution in [0.2, 0.25) is 0 Å². The van der Waals surface area contributed by atoms with Gasteiger partial charge in [-0.1, -0.05) is 54.9 Å². The van der Waals surface area contributed by atoms with Gasteiger partial charge in [0, 0.05) is 0 Å². The molecule has 0 bridgehead atoms. The maximum atomic E-state index is 2.46. The lowest BCUT2D eigenvalue weighted by Crippen LogP contribution is -2.49. The fourth-order valence-corrected chi connectivity index (χ4v) is 2.38. The summed E-state index contributed by atoms with van der Waals surface area (Å²) in [5, 5.41) is 0. The Morgan fingerprint density at radius 1 is 1.08 bits per heavy atom. The highest BCUT2D eigenvalue weighted by atomic mass is 14.6. The Morgan fingerprint density at radius 3 is 1.62 bits per heavy atom. The van der Waals surface area contributed by atoms with Crippen LogP contribution in [0, 0.1) is 16.7 Å². The van der Waals surface area contributed by atoms with Gasteiger partial charge in [-0.15, -0.1) is 0 Å². The molecule has 1 fully saturated rings. The van der Waals surface area contributed by atoms with E-state index in [-0.39, 0.29) is 0 Å². The second kappa shape index (κ2) is 4.48. The normalized spacial score (nSPS) is 32.5. The van der Waals surface area contributed by atoms with Crippen molar-refractivity contribution in [1.29, 1.82) is 0 Å². The largest absolute Gasteiger partial charge is 0.0683 e. The van der Waals surface area contributed by atoms with Crippen LogP contribution in [-0.2, 0) is 0 Å². The summed E-state index contributed by atoms with van der Waals surface area (Å²) in [7, 11) is 0. The molecule has 80 valence electrons. The van der Waals surface area contributed by atoms with E-state index in [0.717, 1.165) is 5.92 Å². The van der Waals surface area contributed by atoms with Crippen molar-refractivity contribution < 1.29 is 0 Å². The molecule has 1 rings (SSSR count). The van der Waals surface area contributed by atoms with Crippen molar-refractivity contribution in [3.63, 3.8) is 0 Å². The fourth-order valence-electron chi connectivity index (χ4n) is 2.38. The lowest BCUT2D eigenvalue weighted by Gasteiger charge is -2.58. The van der Waals surface area contributed by atoms with Gasteiger partial charge >= 0.3 is 0 Å². The first-order valence-corrected chi connectivity index (χ1v) is 5.94. The summed E-state index contributed by atoms with van der Waals surface area (Å²) in [6.07, 6.45) is 4.20. The minimum Gasteiger partial charge on any atom is -0.0683 e. The molecule has 13 heavy (non-hydrogen) atoms. The van der Waals surface area contributed by atoms with Gasteiger partial charge in [-0.2, -0.15) is 0 Å². The van der Waals surface area contributed by atoms with Crippen LogP contribution in [0.3, 0.4) is 0 Å². The third kappa shape index (κ3) is 2.08. The summed E-state index contributed by atoms with van der Waals surface area (Å²) >= 11 is 0. The van der Waals surface area contributed by atoms with Gasteiger partial charge < -0.3 is 0 Å². The van der Waals surface area contributed by atoms with Gasteiger partial charge in [0.15, 0.2) is 0 Å². The smallest absolute Gasteiger partial charge is 0.0249 e. The first-order chi connectivity index (χ1) is 5.94. The Bertz CT molecular complexity index is 146. The maximum Gasteiger partial charge on any atom is -0.0249 e. The van der Waals surface area contributed by atoms with Crippen LogP contribution in [0.1, 0.15) is 67.7 Å². The van der Waals surface area contributed by atoms with E-state index in [9.17, 15) is 0 Å². The lowest BCUT2D eigenvalue weighted by atomic mass is 9.47. The van der Waals surface area contributed by atoms with E-state index in [1.165, 1.54) is 19.3 Å². The molecule has 2 atom stereocenters. The van der Waals surface area contributed by atoms with Crippen LogP contribution in [0.4, 0.5) is 0 Å². The van der Waals surface area contributed by atoms with Gasteiger partial charge in [0.1, 0.15) is 0 Å². The molecule has 1 saturated carbocycles. The molecular formula is C13H28. The SMILES string of the molecule is CC.CCC(C)C1(C)CCC1(C)C. The van der Waals surface area contributed by atoms with Crippen molar-refractivity contribution in [3.05, 3.63) is 0 Å². The molecule has 0 aliphatic heterocycles. The summed E-state index contributed by atoms with van der Waals surface area (Å²) in [6.45, 7) is 16.0. The molecule has 0 heteroatoms. The molecule has 0 aromatic rings. The number of rotatable bonds is 2. The van der Waals surface area contributed by atoms with E-state index in [4.69, 9.17) is 0 Å². The Kier molecular flexibility index (Phi) is 4.48. The standard InChI is InChI=1S/C11H22.C2H6/c1-6-9(2)11(5)8-7-10(11,3)4;1-2/h9H,6-8H2,1-5H3;1-2H3. The topological polar surface area (TPSA) is 0 Å². The first-order valence-electron chi connectivity index (χ1n) is 5.94. The molecule has 0 heterocycles. The van der Waals surface area contributed by atoms with E-state index < -0.39 is 0 Å². The minimum atomic E-state index is 0.600. The van der Waals surface area contributed by atoms with Gasteiger partial charge in [-0.25, -0.2) is 0 Å². The predicted octanol–water partition coefficient (Wildman–Crippen LogP) is 4.89. The summed E-state index contributed by atoms with van der Waals surface area (Å²) in [5.74, 6) is 0.895. The summed E-state index contributed by atoms with van der Waals surface area (Å²) in [6, 6.07) is 0. The molecule has 0 N–H and O–H groups in total. The lowest BCUT2D eigenvalue weighted by molar-refractivity contribution is -0.0803. The first kappa shape index (κ1) is 13.0. The molecule has 2 unspecified atom stereocenters. The molecule has 0 aromatic heterocycles. The van der Waals surface area contributed by atoms with E-state index >= 15 is 0 Å². The highest BCUT2D eigenvalue weighted by Gasteiger charge is 2.51. The van der Waals surface area contributed by atoms with Crippen molar-refractivity contribution in [2.45, 2.75) is 67.7 Å². The molecule has 0 amide bonds. The molecular weight excluding hydrogens is 156 g/mol. The van der Waals surface area contributed by atoms with Crippen molar-refractivity contribution in [2.75, 3.05) is 0 Å². The quantitative estimate of drug-likeness (QED) is 0.573. The summed E-state index contributed by atoms with van der Waals surface area (Å²) < 4.78 is 0. The number of hydrogen-bond donors (Lipinski definition) is 0. The van der Waals surface area contributed by atoms with Gasteiger partial charge in [0.25, 0.3) is 0 Å².